The van der Waals surface area contributed by atoms with Gasteiger partial charge in [-0.1, -0.05) is 92.4 Å². The number of hydrogen-bond donors (Lipinski definition) is 1. The molecule has 2 nitrogen and oxygen atoms in total. The Morgan fingerprint density at radius 1 is 0.864 bits per heavy atom. The van der Waals surface area contributed by atoms with E-state index < -0.39 is 11.4 Å². The first-order valence-corrected chi connectivity index (χ1v) is 9.66. The summed E-state index contributed by atoms with van der Waals surface area (Å²) >= 11 is 0. The van der Waals surface area contributed by atoms with E-state index in [1.807, 2.05) is 6.92 Å². The maximum Gasteiger partial charge on any atom is 0.310 e. The Morgan fingerprint density at radius 3 is 1.68 bits per heavy atom. The average Bonchev–Trinajstić information content (AvgIpc) is 2.46. The Labute approximate surface area is 139 Å². The van der Waals surface area contributed by atoms with E-state index in [0.29, 0.717) is 0 Å². The summed E-state index contributed by atoms with van der Waals surface area (Å²) in [5.41, 5.74) is -0.542. The first-order valence-electron chi connectivity index (χ1n) is 9.66. The van der Waals surface area contributed by atoms with E-state index in [4.69, 9.17) is 0 Å². The van der Waals surface area contributed by atoms with Crippen LogP contribution >= 0.6 is 0 Å². The lowest BCUT2D eigenvalue weighted by atomic mass is 9.65. The maximum atomic E-state index is 11.8. The molecule has 0 saturated carbocycles. The molecule has 0 aliphatic heterocycles. The van der Waals surface area contributed by atoms with Crippen molar-refractivity contribution in [2.24, 2.45) is 17.3 Å². The van der Waals surface area contributed by atoms with Gasteiger partial charge in [0.1, 0.15) is 0 Å². The molecule has 0 aromatic heterocycles. The van der Waals surface area contributed by atoms with Gasteiger partial charge in [-0.2, -0.15) is 0 Å². The lowest BCUT2D eigenvalue weighted by Gasteiger charge is -2.38. The van der Waals surface area contributed by atoms with Crippen molar-refractivity contribution in [1.29, 1.82) is 0 Å². The van der Waals surface area contributed by atoms with Crippen LogP contribution < -0.4 is 0 Å². The molecular formula is C20H40O2. The summed E-state index contributed by atoms with van der Waals surface area (Å²) in [5, 5.41) is 9.71. The van der Waals surface area contributed by atoms with Crippen LogP contribution in [0.25, 0.3) is 0 Å². The van der Waals surface area contributed by atoms with Crippen LogP contribution in [0.4, 0.5) is 0 Å². The first kappa shape index (κ1) is 21.5. The molecule has 0 radical (unpaired) electrons. The van der Waals surface area contributed by atoms with Crippen LogP contribution in [0.15, 0.2) is 0 Å². The predicted molar refractivity (Wildman–Crippen MR) is 96.2 cm³/mol. The van der Waals surface area contributed by atoms with Gasteiger partial charge in [0, 0.05) is 0 Å². The molecule has 1 N–H and O–H groups in total. The van der Waals surface area contributed by atoms with Gasteiger partial charge in [0.15, 0.2) is 0 Å². The van der Waals surface area contributed by atoms with Crippen LogP contribution in [0.2, 0.25) is 0 Å². The minimum absolute atomic E-state index is 0.198. The van der Waals surface area contributed by atoms with E-state index in [1.165, 1.54) is 57.8 Å². The molecule has 0 fully saturated rings. The summed E-state index contributed by atoms with van der Waals surface area (Å²) < 4.78 is 0. The number of carboxylic acids is 1. The number of unbranched alkanes of at least 4 members (excludes halogenated alkanes) is 8. The van der Waals surface area contributed by atoms with E-state index in [2.05, 4.69) is 27.7 Å². The molecule has 0 spiro atoms. The second kappa shape index (κ2) is 12.0. The fraction of sp³-hybridized carbons (Fsp3) is 0.950. The highest BCUT2D eigenvalue weighted by Crippen LogP contribution is 2.42. The molecule has 22 heavy (non-hydrogen) atoms. The molecule has 132 valence electrons. The van der Waals surface area contributed by atoms with Crippen molar-refractivity contribution in [2.45, 2.75) is 105 Å². The smallest absolute Gasteiger partial charge is 0.310 e. The molecule has 0 bridgehead atoms. The Hall–Kier alpha value is -0.530. The third kappa shape index (κ3) is 6.71. The monoisotopic (exact) mass is 312 g/mol. The zero-order valence-corrected chi connectivity index (χ0v) is 15.8. The Morgan fingerprint density at radius 2 is 1.32 bits per heavy atom. The Balaban J connectivity index is 3.96. The molecule has 0 amide bonds. The number of carbonyl (C=O) groups is 1. The van der Waals surface area contributed by atoms with Crippen LogP contribution in [-0.2, 0) is 4.79 Å². The third-order valence-corrected chi connectivity index (χ3v) is 5.63. The first-order chi connectivity index (χ1) is 10.4. The van der Waals surface area contributed by atoms with Crippen LogP contribution in [0.1, 0.15) is 105 Å². The van der Waals surface area contributed by atoms with Crippen molar-refractivity contribution in [2.75, 3.05) is 0 Å². The molecule has 2 unspecified atom stereocenters. The van der Waals surface area contributed by atoms with Crippen molar-refractivity contribution in [1.82, 2.24) is 0 Å². The van der Waals surface area contributed by atoms with Gasteiger partial charge in [0.25, 0.3) is 0 Å². The van der Waals surface area contributed by atoms with Gasteiger partial charge in [0.05, 0.1) is 5.41 Å². The lowest BCUT2D eigenvalue weighted by molar-refractivity contribution is -0.156. The topological polar surface area (TPSA) is 37.3 Å². The van der Waals surface area contributed by atoms with E-state index in [1.54, 1.807) is 0 Å². The van der Waals surface area contributed by atoms with Crippen LogP contribution in [0.5, 0.6) is 0 Å². The summed E-state index contributed by atoms with van der Waals surface area (Å²) in [6.07, 6.45) is 13.7. The van der Waals surface area contributed by atoms with Crippen LogP contribution in [-0.4, -0.2) is 11.1 Å². The van der Waals surface area contributed by atoms with E-state index in [-0.39, 0.29) is 11.8 Å². The highest BCUT2D eigenvalue weighted by atomic mass is 16.4. The normalized spacial score (nSPS) is 15.7. The van der Waals surface area contributed by atoms with E-state index >= 15 is 0 Å². The van der Waals surface area contributed by atoms with Gasteiger partial charge >= 0.3 is 5.97 Å². The van der Waals surface area contributed by atoms with Gasteiger partial charge in [-0.05, 0) is 24.7 Å². The standard InChI is InChI=1S/C20H40O2/c1-6-8-9-10-11-12-13-14-15-16-18(5)20(7-2,17(3)4)19(21)22/h17-18H,6-16H2,1-5H3,(H,21,22). The summed E-state index contributed by atoms with van der Waals surface area (Å²) in [4.78, 5) is 11.8. The number of hydrogen-bond acceptors (Lipinski definition) is 1. The highest BCUT2D eigenvalue weighted by Gasteiger charge is 2.44. The molecule has 0 aliphatic rings. The maximum absolute atomic E-state index is 11.8. The van der Waals surface area contributed by atoms with E-state index in [0.717, 1.165) is 12.8 Å². The molecule has 0 aromatic rings. The molecule has 2 heteroatoms. The summed E-state index contributed by atoms with van der Waals surface area (Å²) in [7, 11) is 0. The van der Waals surface area contributed by atoms with Gasteiger partial charge in [-0.3, -0.25) is 4.79 Å². The van der Waals surface area contributed by atoms with Crippen LogP contribution in [0.3, 0.4) is 0 Å². The zero-order chi connectivity index (χ0) is 17.0. The molecule has 0 aromatic carbocycles. The molecule has 0 aliphatic carbocycles. The molecular weight excluding hydrogens is 272 g/mol. The quantitative estimate of drug-likeness (QED) is 0.363. The van der Waals surface area contributed by atoms with Gasteiger partial charge < -0.3 is 5.11 Å². The average molecular weight is 313 g/mol. The van der Waals surface area contributed by atoms with Crippen LogP contribution in [0, 0.1) is 17.3 Å². The highest BCUT2D eigenvalue weighted by molar-refractivity contribution is 5.75. The second-order valence-electron chi connectivity index (χ2n) is 7.37. The number of carboxylic acid groups (broad SMARTS) is 1. The van der Waals surface area contributed by atoms with E-state index in [9.17, 15) is 9.90 Å². The van der Waals surface area contributed by atoms with Crippen molar-refractivity contribution < 1.29 is 9.90 Å². The van der Waals surface area contributed by atoms with Gasteiger partial charge in [0.2, 0.25) is 0 Å². The SMILES string of the molecule is CCCCCCCCCCCC(C)C(CC)(C(=O)O)C(C)C. The predicted octanol–water partition coefficient (Wildman–Crippen LogP) is 6.68. The van der Waals surface area contributed by atoms with Crippen molar-refractivity contribution in [3.05, 3.63) is 0 Å². The molecule has 2 atom stereocenters. The van der Waals surface area contributed by atoms with Gasteiger partial charge in [-0.25, -0.2) is 0 Å². The molecule has 0 saturated heterocycles. The zero-order valence-electron chi connectivity index (χ0n) is 15.8. The second-order valence-corrected chi connectivity index (χ2v) is 7.37. The van der Waals surface area contributed by atoms with Gasteiger partial charge in [-0.15, -0.1) is 0 Å². The van der Waals surface area contributed by atoms with Crippen molar-refractivity contribution in [3.8, 4) is 0 Å². The third-order valence-electron chi connectivity index (χ3n) is 5.63. The Bertz CT molecular complexity index is 285. The fourth-order valence-corrected chi connectivity index (χ4v) is 3.95. The van der Waals surface area contributed by atoms with Crippen molar-refractivity contribution >= 4 is 5.97 Å². The Kier molecular flexibility index (Phi) is 11.7. The minimum atomic E-state index is -0.603. The number of rotatable bonds is 14. The molecule has 0 heterocycles. The molecule has 0 rings (SSSR count). The summed E-state index contributed by atoms with van der Waals surface area (Å²) in [6, 6.07) is 0. The summed E-state index contributed by atoms with van der Waals surface area (Å²) in [6.45, 7) is 10.5. The minimum Gasteiger partial charge on any atom is -0.481 e. The fourth-order valence-electron chi connectivity index (χ4n) is 3.95. The largest absolute Gasteiger partial charge is 0.481 e. The number of aliphatic carboxylic acids is 1. The van der Waals surface area contributed by atoms with Crippen molar-refractivity contribution in [3.63, 3.8) is 0 Å². The summed E-state index contributed by atoms with van der Waals surface area (Å²) in [5.74, 6) is -0.142. The lowest BCUT2D eigenvalue weighted by Crippen LogP contribution is -2.41.